The molecule has 3 aromatic rings. The molecule has 1 aliphatic heterocycles. The highest BCUT2D eigenvalue weighted by atomic mass is 127. The first-order valence-electron chi connectivity index (χ1n) is 11.3. The van der Waals surface area contributed by atoms with Crippen molar-refractivity contribution < 1.29 is 28.2 Å². The van der Waals surface area contributed by atoms with Gasteiger partial charge in [-0.25, -0.2) is 4.39 Å². The summed E-state index contributed by atoms with van der Waals surface area (Å²) in [5, 5.41) is 2.17. The van der Waals surface area contributed by atoms with E-state index in [1.807, 2.05) is 13.0 Å². The standard InChI is InChI=1S/C27H22FIN2O5S/c1-2-35-21-9-7-20(8-10-21)30-25(32)15-31-26(33)24(37-27(31)34)14-17-6-11-23(22(29)13-17)36-16-18-4-3-5-19(28)12-18/h3-14H,2,15-16H2,1H3,(H,30,32)/b24-14+. The van der Waals surface area contributed by atoms with Gasteiger partial charge in [0.2, 0.25) is 5.91 Å². The molecular formula is C27H22FIN2O5S. The average molecular weight is 632 g/mol. The van der Waals surface area contributed by atoms with Crippen LogP contribution in [-0.2, 0) is 16.2 Å². The predicted octanol–water partition coefficient (Wildman–Crippen LogP) is 6.08. The van der Waals surface area contributed by atoms with Gasteiger partial charge in [0.1, 0.15) is 30.5 Å². The zero-order valence-corrected chi connectivity index (χ0v) is 22.7. The van der Waals surface area contributed by atoms with E-state index in [9.17, 15) is 18.8 Å². The number of carbonyl (C=O) groups is 3. The third kappa shape index (κ3) is 7.10. The number of carbonyl (C=O) groups excluding carboxylic acids is 3. The molecule has 0 radical (unpaired) electrons. The van der Waals surface area contributed by atoms with Gasteiger partial charge < -0.3 is 14.8 Å². The van der Waals surface area contributed by atoms with Crippen molar-refractivity contribution in [2.75, 3.05) is 18.5 Å². The monoisotopic (exact) mass is 632 g/mol. The highest BCUT2D eigenvalue weighted by Crippen LogP contribution is 2.33. The van der Waals surface area contributed by atoms with Crippen molar-refractivity contribution in [1.82, 2.24) is 4.90 Å². The Morgan fingerprint density at radius 3 is 2.57 bits per heavy atom. The molecule has 1 N–H and O–H groups in total. The van der Waals surface area contributed by atoms with E-state index in [1.54, 1.807) is 54.6 Å². The van der Waals surface area contributed by atoms with Crippen molar-refractivity contribution in [3.05, 3.63) is 92.1 Å². The predicted molar refractivity (Wildman–Crippen MR) is 149 cm³/mol. The van der Waals surface area contributed by atoms with E-state index in [1.165, 1.54) is 12.1 Å². The van der Waals surface area contributed by atoms with Crippen LogP contribution in [0, 0.1) is 9.39 Å². The molecule has 7 nitrogen and oxygen atoms in total. The van der Waals surface area contributed by atoms with E-state index in [0.717, 1.165) is 20.2 Å². The number of halogens is 2. The second-order valence-electron chi connectivity index (χ2n) is 7.88. The quantitative estimate of drug-likeness (QED) is 0.227. The van der Waals surface area contributed by atoms with Crippen LogP contribution in [0.1, 0.15) is 18.1 Å². The minimum Gasteiger partial charge on any atom is -0.494 e. The molecule has 190 valence electrons. The molecule has 0 aromatic heterocycles. The van der Waals surface area contributed by atoms with E-state index >= 15 is 0 Å². The molecule has 10 heteroatoms. The Morgan fingerprint density at radius 1 is 1.08 bits per heavy atom. The van der Waals surface area contributed by atoms with Crippen LogP contribution in [0.5, 0.6) is 11.5 Å². The maximum atomic E-state index is 13.4. The number of thioether (sulfide) groups is 1. The Balaban J connectivity index is 1.37. The maximum absolute atomic E-state index is 13.4. The lowest BCUT2D eigenvalue weighted by molar-refractivity contribution is -0.127. The fraction of sp³-hybridized carbons (Fsp3) is 0.148. The molecule has 0 saturated carbocycles. The molecule has 1 fully saturated rings. The van der Waals surface area contributed by atoms with Gasteiger partial charge in [0.15, 0.2) is 0 Å². The van der Waals surface area contributed by atoms with Gasteiger partial charge in [0, 0.05) is 5.69 Å². The van der Waals surface area contributed by atoms with Gasteiger partial charge in [0.05, 0.1) is 15.1 Å². The minimum atomic E-state index is -0.529. The third-order valence-corrected chi connectivity index (χ3v) is 6.91. The lowest BCUT2D eigenvalue weighted by Crippen LogP contribution is -2.36. The summed E-state index contributed by atoms with van der Waals surface area (Å²) in [5.41, 5.74) is 1.94. The zero-order chi connectivity index (χ0) is 26.4. The fourth-order valence-electron chi connectivity index (χ4n) is 3.44. The highest BCUT2D eigenvalue weighted by molar-refractivity contribution is 14.1. The van der Waals surface area contributed by atoms with Gasteiger partial charge in [0.25, 0.3) is 11.1 Å². The van der Waals surface area contributed by atoms with Crippen molar-refractivity contribution >= 4 is 63.2 Å². The highest BCUT2D eigenvalue weighted by Gasteiger charge is 2.36. The first-order chi connectivity index (χ1) is 17.8. The summed E-state index contributed by atoms with van der Waals surface area (Å²) in [4.78, 5) is 38.9. The van der Waals surface area contributed by atoms with E-state index in [2.05, 4.69) is 27.9 Å². The normalized spacial score (nSPS) is 14.2. The Morgan fingerprint density at radius 2 is 1.86 bits per heavy atom. The lowest BCUT2D eigenvalue weighted by atomic mass is 10.2. The molecule has 1 saturated heterocycles. The molecule has 3 aromatic carbocycles. The van der Waals surface area contributed by atoms with Crippen molar-refractivity contribution in [3.8, 4) is 11.5 Å². The number of anilines is 1. The van der Waals surface area contributed by atoms with Crippen LogP contribution in [0.15, 0.2) is 71.6 Å². The van der Waals surface area contributed by atoms with E-state index in [-0.39, 0.29) is 23.9 Å². The van der Waals surface area contributed by atoms with Crippen LogP contribution in [-0.4, -0.2) is 35.1 Å². The molecule has 0 bridgehead atoms. The van der Waals surface area contributed by atoms with Gasteiger partial charge in [-0.3, -0.25) is 19.3 Å². The molecule has 0 atom stereocenters. The smallest absolute Gasteiger partial charge is 0.294 e. The van der Waals surface area contributed by atoms with Gasteiger partial charge >= 0.3 is 0 Å². The van der Waals surface area contributed by atoms with Gasteiger partial charge in [-0.15, -0.1) is 0 Å². The van der Waals surface area contributed by atoms with E-state index in [4.69, 9.17) is 9.47 Å². The van der Waals surface area contributed by atoms with Gasteiger partial charge in [-0.05, 0) is 107 Å². The Hall–Kier alpha value is -3.38. The molecular weight excluding hydrogens is 610 g/mol. The molecule has 1 aliphatic rings. The second-order valence-corrected chi connectivity index (χ2v) is 10.0. The summed E-state index contributed by atoms with van der Waals surface area (Å²) < 4.78 is 25.3. The van der Waals surface area contributed by atoms with Crippen LogP contribution < -0.4 is 14.8 Å². The van der Waals surface area contributed by atoms with Crippen molar-refractivity contribution in [2.45, 2.75) is 13.5 Å². The lowest BCUT2D eigenvalue weighted by Gasteiger charge is -2.13. The molecule has 37 heavy (non-hydrogen) atoms. The van der Waals surface area contributed by atoms with Gasteiger partial charge in [-0.2, -0.15) is 0 Å². The summed E-state index contributed by atoms with van der Waals surface area (Å²) >= 11 is 2.89. The second kappa shape index (κ2) is 12.2. The Bertz CT molecular complexity index is 1360. The number of hydrogen-bond acceptors (Lipinski definition) is 6. The Kier molecular flexibility index (Phi) is 8.82. The first-order valence-corrected chi connectivity index (χ1v) is 13.2. The van der Waals surface area contributed by atoms with Crippen LogP contribution in [0.25, 0.3) is 6.08 Å². The summed E-state index contributed by atoms with van der Waals surface area (Å²) in [7, 11) is 0. The number of imide groups is 1. The number of hydrogen-bond donors (Lipinski definition) is 1. The molecule has 4 rings (SSSR count). The molecule has 0 spiro atoms. The molecule has 0 aliphatic carbocycles. The average Bonchev–Trinajstić information content (AvgIpc) is 3.12. The Labute approximate surface area is 231 Å². The number of benzene rings is 3. The number of rotatable bonds is 9. The van der Waals surface area contributed by atoms with E-state index in [0.29, 0.717) is 34.9 Å². The summed E-state index contributed by atoms with van der Waals surface area (Å²) in [6.07, 6.45) is 1.60. The van der Waals surface area contributed by atoms with Gasteiger partial charge in [-0.1, -0.05) is 18.2 Å². The van der Waals surface area contributed by atoms with Crippen LogP contribution in [0.2, 0.25) is 0 Å². The SMILES string of the molecule is CCOc1ccc(NC(=O)CN2C(=O)S/C(=C/c3ccc(OCc4cccc(F)c4)c(I)c3)C2=O)cc1. The topological polar surface area (TPSA) is 84.9 Å². The van der Waals surface area contributed by atoms with Crippen LogP contribution in [0.4, 0.5) is 14.9 Å². The molecule has 1 heterocycles. The minimum absolute atomic E-state index is 0.213. The summed E-state index contributed by atoms with van der Waals surface area (Å²) in [5.74, 6) is -0.0485. The van der Waals surface area contributed by atoms with Crippen molar-refractivity contribution in [3.63, 3.8) is 0 Å². The van der Waals surface area contributed by atoms with Crippen LogP contribution in [0.3, 0.4) is 0 Å². The largest absolute Gasteiger partial charge is 0.494 e. The fourth-order valence-corrected chi connectivity index (χ4v) is 4.98. The zero-order valence-electron chi connectivity index (χ0n) is 19.7. The maximum Gasteiger partial charge on any atom is 0.294 e. The molecule has 0 unspecified atom stereocenters. The first kappa shape index (κ1) is 26.7. The molecule has 3 amide bonds. The van der Waals surface area contributed by atoms with Crippen LogP contribution >= 0.6 is 34.4 Å². The van der Waals surface area contributed by atoms with Crippen molar-refractivity contribution in [1.29, 1.82) is 0 Å². The summed E-state index contributed by atoms with van der Waals surface area (Å²) in [6, 6.07) is 18.3. The van der Waals surface area contributed by atoms with Crippen molar-refractivity contribution in [2.24, 2.45) is 0 Å². The summed E-state index contributed by atoms with van der Waals surface area (Å²) in [6.45, 7) is 2.23. The number of amides is 3. The number of ether oxygens (including phenoxy) is 2. The van der Waals surface area contributed by atoms with E-state index < -0.39 is 17.1 Å². The number of nitrogens with one attached hydrogen (secondary N) is 1. The third-order valence-electron chi connectivity index (χ3n) is 5.16. The number of nitrogens with zero attached hydrogens (tertiary/aromatic N) is 1.